The number of carbonyl (C=O) groups excluding carboxylic acids is 1. The molecule has 0 spiro atoms. The van der Waals surface area contributed by atoms with E-state index in [1.807, 2.05) is 6.07 Å². The van der Waals surface area contributed by atoms with Gasteiger partial charge in [0, 0.05) is 93.6 Å². The molecule has 0 bridgehead atoms. The highest BCUT2D eigenvalue weighted by Gasteiger charge is 2.39. The third-order valence-electron chi connectivity index (χ3n) is 30.3. The number of hydrogen-bond acceptors (Lipinski definition) is 7. The van der Waals surface area contributed by atoms with E-state index in [4.69, 9.17) is 28.4 Å². The van der Waals surface area contributed by atoms with Crippen LogP contribution in [-0.4, -0.2) is 89.4 Å². The van der Waals surface area contributed by atoms with Gasteiger partial charge in [0.2, 0.25) is 4.90 Å². The molecule has 23 rings (SSSR count). The number of ketones is 1. The summed E-state index contributed by atoms with van der Waals surface area (Å²) in [5.74, 6) is 19.6. The van der Waals surface area contributed by atoms with Gasteiger partial charge in [-0.1, -0.05) is 180 Å². The van der Waals surface area contributed by atoms with Gasteiger partial charge in [0.05, 0.1) is 53.9 Å². The van der Waals surface area contributed by atoms with Crippen molar-refractivity contribution in [1.82, 2.24) is 0 Å². The lowest BCUT2D eigenvalue weighted by molar-refractivity contribution is 0.101. The van der Waals surface area contributed by atoms with Gasteiger partial charge in [-0.25, -0.2) is 0 Å². The Morgan fingerprint density at radius 2 is 0.704 bits per heavy atom. The molecule has 12 heteroatoms. The number of Topliss-reactive ketones (excluding diaryl/α,β-unsaturated/α-hetero) is 1. The molecule has 13 aromatic rings. The summed E-state index contributed by atoms with van der Waals surface area (Å²) in [6.45, 7) is 5.64. The monoisotopic (exact) mass is 1900 g/mol. The van der Waals surface area contributed by atoms with E-state index in [1.54, 1.807) is 11.8 Å². The van der Waals surface area contributed by atoms with Gasteiger partial charge in [0.15, 0.2) is 40.9 Å². The fraction of sp³-hybridized carbons (Fsp3) is 0.455. The lowest BCUT2D eigenvalue weighted by atomic mass is 9.90. The van der Waals surface area contributed by atoms with Gasteiger partial charge in [-0.2, -0.15) is 0 Å². The first-order valence-electron chi connectivity index (χ1n) is 52.8. The molecule has 0 aromatic heterocycles. The molecular weight excluding hydrogens is 1750 g/mol. The van der Waals surface area contributed by atoms with Crippen molar-refractivity contribution in [3.8, 4) is 34.5 Å². The standard InChI is InChI=1S/C33H31OS.C28H39O2S.C22H27O2S.C21H27OS.C19H23OS/c1-2-8-25(9-3-1)24-34-30-16-20-31(21-17-30)35(32-18-14-26-10-4-6-12-28(26)22-32)33-19-15-27-11-5-7-13-29(27)23-33;1-2-6-13-22(12-5-1)29-25-18-19-27(31-20-9-10-21-31)28-24(25)16-11-17-26(28)30-23-14-7-3-4-8-15-23;1-16(23)17-9-10-19-20(15-17)22(25-13-5-6-14-25)12-11-21(19)24-18-7-3-2-4-8-18;1-2-8-17(9-3-1)16-22-20-12-13-21(23-14-6-7-15-23)19-11-5-4-10-18(19)20;1-14(15-8-9-15)20-18-11-10-16-6-2-3-7-17(16)19(18)21-12-4-5-13-21/h4-7,10-23,25H,1-3,8-9,24H2;11,16-19,22-23H,1-10,12-15,20-21H2;9-12,15,18H,2-8,13-14H2,1H3;4-5,10-13,17H,1-3,6-9,14-16H2;2-3,6-7,10-11,14-15H,4-5,8-9,12-13H2,1H3/q5*+1. The first kappa shape index (κ1) is 95.6. The second kappa shape index (κ2) is 48.0. The van der Waals surface area contributed by atoms with Crippen molar-refractivity contribution in [2.24, 2.45) is 17.8 Å². The molecule has 7 nitrogen and oxygen atoms in total. The van der Waals surface area contributed by atoms with Crippen LogP contribution in [0.5, 0.6) is 34.5 Å². The Kier molecular flexibility index (Phi) is 34.0. The highest BCUT2D eigenvalue weighted by atomic mass is 32.2. The molecule has 13 aromatic carbocycles. The molecule has 135 heavy (non-hydrogen) atoms. The summed E-state index contributed by atoms with van der Waals surface area (Å²) in [5.41, 5.74) is 0.811. The van der Waals surface area contributed by atoms with Crippen molar-refractivity contribution in [2.45, 2.75) is 310 Å². The molecule has 10 fully saturated rings. The van der Waals surface area contributed by atoms with E-state index in [0.29, 0.717) is 73.9 Å². The summed E-state index contributed by atoms with van der Waals surface area (Å²) in [5, 5.41) is 15.7. The topological polar surface area (TPSA) is 72.5 Å². The van der Waals surface area contributed by atoms with Gasteiger partial charge >= 0.3 is 0 Å². The van der Waals surface area contributed by atoms with Gasteiger partial charge in [-0.15, -0.1) is 0 Å². The van der Waals surface area contributed by atoms with Crippen LogP contribution >= 0.6 is 0 Å². The van der Waals surface area contributed by atoms with Gasteiger partial charge in [-0.05, 0) is 347 Å². The Hall–Kier alpha value is -8.36. The van der Waals surface area contributed by atoms with Crippen LogP contribution in [0.2, 0.25) is 0 Å². The second-order valence-corrected chi connectivity index (χ2v) is 51.2. The molecule has 0 radical (unpaired) electrons. The maximum atomic E-state index is 11.9. The fourth-order valence-corrected chi connectivity index (χ4v) is 34.7. The highest BCUT2D eigenvalue weighted by Crippen LogP contribution is 2.47. The zero-order valence-corrected chi connectivity index (χ0v) is 84.9. The molecule has 4 saturated heterocycles. The Balaban J connectivity index is 0.000000110. The van der Waals surface area contributed by atoms with E-state index >= 15 is 0 Å². The molecule has 1 unspecified atom stereocenters. The van der Waals surface area contributed by atoms with E-state index < -0.39 is 0 Å². The van der Waals surface area contributed by atoms with E-state index in [2.05, 4.69) is 244 Å². The van der Waals surface area contributed by atoms with Crippen LogP contribution < -0.4 is 28.4 Å². The molecule has 10 aliphatic rings. The van der Waals surface area contributed by atoms with E-state index in [9.17, 15) is 4.79 Å². The van der Waals surface area contributed by atoms with Crippen molar-refractivity contribution in [1.29, 1.82) is 0 Å². The van der Waals surface area contributed by atoms with Crippen LogP contribution in [0.25, 0.3) is 64.6 Å². The predicted molar refractivity (Wildman–Crippen MR) is 579 cm³/mol. The van der Waals surface area contributed by atoms with Crippen molar-refractivity contribution < 1.29 is 33.2 Å². The van der Waals surface area contributed by atoms with E-state index in [0.717, 1.165) is 59.4 Å². The van der Waals surface area contributed by atoms with Gasteiger partial charge in [-0.3, -0.25) is 4.79 Å². The summed E-state index contributed by atoms with van der Waals surface area (Å²) >= 11 is 0. The van der Waals surface area contributed by atoms with Crippen LogP contribution in [0.3, 0.4) is 0 Å². The third-order valence-corrected chi connectivity index (χ3v) is 42.7. The van der Waals surface area contributed by atoms with Crippen molar-refractivity contribution >= 4 is 125 Å². The lowest BCUT2D eigenvalue weighted by Crippen LogP contribution is -2.19. The van der Waals surface area contributed by atoms with Crippen molar-refractivity contribution in [3.05, 3.63) is 248 Å². The fourth-order valence-electron chi connectivity index (χ4n) is 22.4. The number of benzene rings is 13. The maximum absolute atomic E-state index is 11.9. The summed E-state index contributed by atoms with van der Waals surface area (Å²) in [6.07, 6.45) is 50.4. The quantitative estimate of drug-likeness (QED) is 0.0359. The minimum absolute atomic E-state index is 0.140. The smallest absolute Gasteiger partial charge is 0.204 e. The summed E-state index contributed by atoms with van der Waals surface area (Å²) < 4.78 is 38.7. The average molecular weight is 1900 g/mol. The Morgan fingerprint density at radius 1 is 0.304 bits per heavy atom. The van der Waals surface area contributed by atoms with Gasteiger partial charge in [0.25, 0.3) is 0 Å². The predicted octanol–water partition coefficient (Wildman–Crippen LogP) is 32.7. The number of ether oxygens (including phenoxy) is 6. The zero-order chi connectivity index (χ0) is 91.3. The van der Waals surface area contributed by atoms with Crippen molar-refractivity contribution in [2.75, 3.05) is 59.2 Å². The summed E-state index contributed by atoms with van der Waals surface area (Å²) in [7, 11) is 1.35. The summed E-state index contributed by atoms with van der Waals surface area (Å²) in [6, 6.07) is 88.7. The molecule has 4 aliphatic heterocycles. The molecule has 6 aliphatic carbocycles. The number of rotatable bonds is 23. The molecule has 6 saturated carbocycles. The van der Waals surface area contributed by atoms with E-state index in [-0.39, 0.29) is 16.7 Å². The van der Waals surface area contributed by atoms with Gasteiger partial charge < -0.3 is 28.4 Å². The number of hydrogen-bond donors (Lipinski definition) is 0. The van der Waals surface area contributed by atoms with Crippen LogP contribution in [0.1, 0.15) is 262 Å². The highest BCUT2D eigenvalue weighted by molar-refractivity contribution is 7.98. The van der Waals surface area contributed by atoms with E-state index in [1.165, 1.54) is 383 Å². The van der Waals surface area contributed by atoms with Crippen LogP contribution in [0.15, 0.2) is 277 Å². The molecule has 1 atom stereocenters. The SMILES string of the molecule is CC(=O)c1ccc2c(OC3CCCCC3)ccc([S+]3CCCC3)c2c1.CC(Oc1ccc2ccccc2c1[S+]1CCCC1)C1CC1.c1cc(OC2CCCCCC2)c2c([S+]3CCCC3)ccc(OC3CCCCCC3)c2c1.c1ccc2c([S+]3CCCC3)ccc(OCC3CCCCC3)c2c1.c1ccc2cc([S+](c3ccc(OCC4CCCCC4)cc3)c3ccc4ccccc4c3)ccc2c1. The normalized spacial score (nSPS) is 19.2. The first-order valence-corrected chi connectivity index (χ1v) is 60.3. The molecule has 0 N–H and O–H groups in total. The first-order chi connectivity index (χ1) is 66.7. The molecule has 706 valence electrons. The minimum atomic E-state index is -0.199. The van der Waals surface area contributed by atoms with Gasteiger partial charge in [0.1, 0.15) is 74.8 Å². The Labute approximate surface area is 821 Å². The average Bonchev–Trinajstić information content (AvgIpc) is 1.52. The molecular formula is C123H147O7S5+5. The number of fused-ring (bicyclic) bond motifs is 6. The summed E-state index contributed by atoms with van der Waals surface area (Å²) in [4.78, 5) is 22.0. The minimum Gasteiger partial charge on any atom is -0.493 e. The third kappa shape index (κ3) is 24.9. The second-order valence-electron chi connectivity index (χ2n) is 40.2. The zero-order valence-electron chi connectivity index (χ0n) is 80.8. The van der Waals surface area contributed by atoms with Crippen LogP contribution in [0.4, 0.5) is 0 Å². The Bertz CT molecular complexity index is 5930. The van der Waals surface area contributed by atoms with Crippen LogP contribution in [0, 0.1) is 17.8 Å². The molecule has 0 amide bonds. The number of carbonyl (C=O) groups is 1. The largest absolute Gasteiger partial charge is 0.493 e. The van der Waals surface area contributed by atoms with Crippen molar-refractivity contribution in [3.63, 3.8) is 0 Å². The Morgan fingerprint density at radius 3 is 1.24 bits per heavy atom. The lowest BCUT2D eigenvalue weighted by Gasteiger charge is -2.24. The maximum Gasteiger partial charge on any atom is 0.204 e. The molecule has 4 heterocycles. The van der Waals surface area contributed by atoms with Crippen LogP contribution in [-0.2, 0) is 54.5 Å².